The van der Waals surface area contributed by atoms with Crippen molar-refractivity contribution in [3.8, 4) is 0 Å². The van der Waals surface area contributed by atoms with Crippen LogP contribution in [0.15, 0.2) is 4.42 Å². The molecule has 1 aromatic rings. The minimum atomic E-state index is -0.881. The molecule has 0 bridgehead atoms. The molecule has 2 amide bonds. The number of hydrogen-bond donors (Lipinski definition) is 2. The zero-order chi connectivity index (χ0) is 14.7. The van der Waals surface area contributed by atoms with Gasteiger partial charge in [-0.1, -0.05) is 0 Å². The number of aromatic nitrogens is 1. The molecule has 2 rings (SSSR count). The summed E-state index contributed by atoms with van der Waals surface area (Å²) < 4.78 is 5.38. The molecule has 110 valence electrons. The van der Waals surface area contributed by atoms with E-state index in [0.717, 1.165) is 24.3 Å². The average molecular weight is 281 g/mol. The van der Waals surface area contributed by atoms with E-state index in [-0.39, 0.29) is 25.0 Å². The van der Waals surface area contributed by atoms with Crippen molar-refractivity contribution in [1.29, 1.82) is 0 Å². The predicted octanol–water partition coefficient (Wildman–Crippen LogP) is 1.44. The fourth-order valence-electron chi connectivity index (χ4n) is 2.38. The van der Waals surface area contributed by atoms with Crippen LogP contribution in [0.5, 0.6) is 0 Å². The number of rotatable bonds is 4. The maximum Gasteiger partial charge on any atom is 0.318 e. The number of carboxylic acids is 1. The van der Waals surface area contributed by atoms with E-state index < -0.39 is 5.97 Å². The molecule has 2 N–H and O–H groups in total. The molecular weight excluding hydrogens is 262 g/mol. The molecule has 0 spiro atoms. The van der Waals surface area contributed by atoms with Gasteiger partial charge in [0.1, 0.15) is 5.76 Å². The van der Waals surface area contributed by atoms with Crippen molar-refractivity contribution in [3.63, 3.8) is 0 Å². The van der Waals surface area contributed by atoms with E-state index in [4.69, 9.17) is 9.52 Å². The first-order valence-corrected chi connectivity index (χ1v) is 6.66. The van der Waals surface area contributed by atoms with Gasteiger partial charge in [0, 0.05) is 12.6 Å². The Hall–Kier alpha value is -2.05. The maximum atomic E-state index is 12.1. The van der Waals surface area contributed by atoms with Crippen molar-refractivity contribution in [2.24, 2.45) is 0 Å². The van der Waals surface area contributed by atoms with E-state index in [1.54, 1.807) is 4.90 Å². The first-order valence-electron chi connectivity index (χ1n) is 6.66. The van der Waals surface area contributed by atoms with Crippen molar-refractivity contribution >= 4 is 12.0 Å². The lowest BCUT2D eigenvalue weighted by Gasteiger charge is -2.23. The zero-order valence-electron chi connectivity index (χ0n) is 11.7. The van der Waals surface area contributed by atoms with Gasteiger partial charge in [-0.2, -0.15) is 0 Å². The molecule has 1 unspecified atom stereocenters. The first kappa shape index (κ1) is 14.4. The fraction of sp³-hybridized carbons (Fsp3) is 0.615. The number of amides is 2. The summed E-state index contributed by atoms with van der Waals surface area (Å²) in [5.74, 6) is 0.315. The number of urea groups is 1. The number of carbonyl (C=O) groups is 2. The minimum absolute atomic E-state index is 0.00929. The molecule has 20 heavy (non-hydrogen) atoms. The quantitative estimate of drug-likeness (QED) is 0.870. The Morgan fingerprint density at radius 1 is 1.50 bits per heavy atom. The third-order valence-corrected chi connectivity index (χ3v) is 3.51. The molecule has 2 heterocycles. The highest BCUT2D eigenvalue weighted by atomic mass is 16.4. The van der Waals surface area contributed by atoms with Gasteiger partial charge in [-0.15, -0.1) is 0 Å². The molecule has 1 fully saturated rings. The van der Waals surface area contributed by atoms with Gasteiger partial charge in [0.25, 0.3) is 0 Å². The second-order valence-electron chi connectivity index (χ2n) is 5.00. The highest BCUT2D eigenvalue weighted by Gasteiger charge is 2.30. The summed E-state index contributed by atoms with van der Waals surface area (Å²) in [5.41, 5.74) is 0.805. The molecule has 7 heteroatoms. The Bertz CT molecular complexity index is 492. The summed E-state index contributed by atoms with van der Waals surface area (Å²) in [6, 6.07) is -0.484. The molecule has 7 nitrogen and oxygen atoms in total. The number of hydrogen-bond acceptors (Lipinski definition) is 4. The average Bonchev–Trinajstić information content (AvgIpc) is 2.94. The van der Waals surface area contributed by atoms with Gasteiger partial charge in [0.2, 0.25) is 5.89 Å². The second kappa shape index (κ2) is 5.94. The van der Waals surface area contributed by atoms with Gasteiger partial charge < -0.3 is 19.7 Å². The summed E-state index contributed by atoms with van der Waals surface area (Å²) in [6.07, 6.45) is 1.56. The number of oxazole rings is 1. The van der Waals surface area contributed by atoms with Crippen LogP contribution in [0.25, 0.3) is 0 Å². The van der Waals surface area contributed by atoms with E-state index in [1.807, 2.05) is 13.8 Å². The molecule has 1 aromatic heterocycles. The van der Waals surface area contributed by atoms with Crippen LogP contribution >= 0.6 is 0 Å². The van der Waals surface area contributed by atoms with E-state index in [0.29, 0.717) is 12.4 Å². The summed E-state index contributed by atoms with van der Waals surface area (Å²) in [5, 5.41) is 11.6. The van der Waals surface area contributed by atoms with Crippen LogP contribution < -0.4 is 5.32 Å². The fourth-order valence-corrected chi connectivity index (χ4v) is 2.38. The van der Waals surface area contributed by atoms with Crippen LogP contribution in [0.4, 0.5) is 4.79 Å². The smallest absolute Gasteiger partial charge is 0.318 e. The largest absolute Gasteiger partial charge is 0.481 e. The summed E-state index contributed by atoms with van der Waals surface area (Å²) >= 11 is 0. The van der Waals surface area contributed by atoms with Gasteiger partial charge in [0.15, 0.2) is 0 Å². The monoisotopic (exact) mass is 281 g/mol. The Balaban J connectivity index is 1.89. The highest BCUT2D eigenvalue weighted by Crippen LogP contribution is 2.20. The van der Waals surface area contributed by atoms with Crippen LogP contribution in [0, 0.1) is 13.8 Å². The van der Waals surface area contributed by atoms with Crippen molar-refractivity contribution in [1.82, 2.24) is 15.2 Å². The zero-order valence-corrected chi connectivity index (χ0v) is 11.7. The molecule has 1 saturated heterocycles. The van der Waals surface area contributed by atoms with Crippen LogP contribution in [-0.4, -0.2) is 39.6 Å². The van der Waals surface area contributed by atoms with Crippen molar-refractivity contribution in [3.05, 3.63) is 17.3 Å². The van der Waals surface area contributed by atoms with Crippen LogP contribution in [-0.2, 0) is 11.3 Å². The maximum absolute atomic E-state index is 12.1. The van der Waals surface area contributed by atoms with E-state index >= 15 is 0 Å². The molecule has 1 aliphatic heterocycles. The van der Waals surface area contributed by atoms with Crippen molar-refractivity contribution in [2.75, 3.05) is 6.54 Å². The van der Waals surface area contributed by atoms with Gasteiger partial charge in [-0.3, -0.25) is 4.79 Å². The molecule has 0 aliphatic carbocycles. The Morgan fingerprint density at radius 3 is 2.85 bits per heavy atom. The molecule has 0 saturated carbocycles. The SMILES string of the molecule is Cc1nc(CNC(=O)N2CCCC2CC(=O)O)oc1C. The minimum Gasteiger partial charge on any atom is -0.481 e. The lowest BCUT2D eigenvalue weighted by atomic mass is 10.1. The van der Waals surface area contributed by atoms with Crippen LogP contribution in [0.3, 0.4) is 0 Å². The lowest BCUT2D eigenvalue weighted by Crippen LogP contribution is -2.43. The van der Waals surface area contributed by atoms with E-state index in [2.05, 4.69) is 10.3 Å². The Kier molecular flexibility index (Phi) is 4.26. The number of carbonyl (C=O) groups excluding carboxylic acids is 1. The standard InChI is InChI=1S/C13H19N3O4/c1-8-9(2)20-11(15-8)7-14-13(19)16-5-3-4-10(16)6-12(17)18/h10H,3-7H2,1-2H3,(H,14,19)(H,17,18). The third-order valence-electron chi connectivity index (χ3n) is 3.51. The third kappa shape index (κ3) is 3.28. The van der Waals surface area contributed by atoms with Crippen molar-refractivity contribution in [2.45, 2.75) is 45.7 Å². The van der Waals surface area contributed by atoms with Gasteiger partial charge in [-0.25, -0.2) is 9.78 Å². The number of aryl methyl sites for hydroxylation is 2. The number of carboxylic acid groups (broad SMARTS) is 1. The molecular formula is C13H19N3O4. The van der Waals surface area contributed by atoms with Gasteiger partial charge >= 0.3 is 12.0 Å². The molecule has 0 radical (unpaired) electrons. The highest BCUT2D eigenvalue weighted by molar-refractivity contribution is 5.76. The van der Waals surface area contributed by atoms with Crippen LogP contribution in [0.1, 0.15) is 36.6 Å². The first-order chi connectivity index (χ1) is 9.47. The summed E-state index contributed by atoms with van der Waals surface area (Å²) in [7, 11) is 0. The second-order valence-corrected chi connectivity index (χ2v) is 5.00. The normalized spacial score (nSPS) is 18.3. The van der Waals surface area contributed by atoms with E-state index in [1.165, 1.54) is 0 Å². The van der Waals surface area contributed by atoms with Gasteiger partial charge in [-0.05, 0) is 26.7 Å². The molecule has 1 atom stereocenters. The number of aliphatic carboxylic acids is 1. The predicted molar refractivity (Wildman–Crippen MR) is 70.2 cm³/mol. The topological polar surface area (TPSA) is 95.7 Å². The molecule has 1 aliphatic rings. The summed E-state index contributed by atoms with van der Waals surface area (Å²) in [4.78, 5) is 28.6. The Labute approximate surface area is 117 Å². The number of likely N-dealkylation sites (tertiary alicyclic amines) is 1. The number of nitrogens with one attached hydrogen (secondary N) is 1. The molecule has 0 aromatic carbocycles. The van der Waals surface area contributed by atoms with E-state index in [9.17, 15) is 9.59 Å². The number of nitrogens with zero attached hydrogens (tertiary/aromatic N) is 2. The lowest BCUT2D eigenvalue weighted by molar-refractivity contribution is -0.137. The van der Waals surface area contributed by atoms with Crippen molar-refractivity contribution < 1.29 is 19.1 Å². The van der Waals surface area contributed by atoms with Gasteiger partial charge in [0.05, 0.1) is 18.7 Å². The Morgan fingerprint density at radius 2 is 2.25 bits per heavy atom. The van der Waals surface area contributed by atoms with Crippen LogP contribution in [0.2, 0.25) is 0 Å². The summed E-state index contributed by atoms with van der Waals surface area (Å²) in [6.45, 7) is 4.46.